The van der Waals surface area contributed by atoms with Crippen molar-refractivity contribution in [2.75, 3.05) is 39.4 Å². The van der Waals surface area contributed by atoms with Crippen LogP contribution < -0.4 is 15.2 Å². The summed E-state index contributed by atoms with van der Waals surface area (Å²) in [6, 6.07) is 4.27. The van der Waals surface area contributed by atoms with Gasteiger partial charge < -0.3 is 15.2 Å². The van der Waals surface area contributed by atoms with Crippen LogP contribution in [-0.4, -0.2) is 69.0 Å². The molecular formula is C16H23N3O5S. The number of primary amides is 1. The van der Waals surface area contributed by atoms with Gasteiger partial charge >= 0.3 is 0 Å². The van der Waals surface area contributed by atoms with Crippen LogP contribution in [-0.2, 0) is 14.8 Å². The van der Waals surface area contributed by atoms with E-state index in [0.29, 0.717) is 57.3 Å². The monoisotopic (exact) mass is 369 g/mol. The van der Waals surface area contributed by atoms with Crippen LogP contribution in [0.25, 0.3) is 0 Å². The van der Waals surface area contributed by atoms with Gasteiger partial charge in [-0.3, -0.25) is 9.69 Å². The van der Waals surface area contributed by atoms with E-state index >= 15 is 0 Å². The standard InChI is InChI=1S/C16H23N3O5S/c1-12(16(17)20)18-5-2-6-19(8-7-18)25(21,22)13-3-4-14-15(11-13)24-10-9-23-14/h3-4,11-12H,2,5-10H2,1H3,(H2,17,20)/t12-/m0/s1. The second kappa shape index (κ2) is 7.19. The molecule has 0 unspecified atom stereocenters. The molecule has 1 saturated heterocycles. The van der Waals surface area contributed by atoms with Crippen LogP contribution in [0.5, 0.6) is 11.5 Å². The van der Waals surface area contributed by atoms with Gasteiger partial charge in [0, 0.05) is 32.2 Å². The zero-order valence-corrected chi connectivity index (χ0v) is 15.0. The highest BCUT2D eigenvalue weighted by molar-refractivity contribution is 7.89. The number of benzene rings is 1. The molecular weight excluding hydrogens is 346 g/mol. The third-order valence-electron chi connectivity index (χ3n) is 4.60. The Hall–Kier alpha value is -1.84. The minimum absolute atomic E-state index is 0.188. The zero-order chi connectivity index (χ0) is 18.0. The molecule has 2 N–H and O–H groups in total. The number of carbonyl (C=O) groups excluding carboxylic acids is 1. The molecule has 2 aliphatic rings. The Balaban J connectivity index is 1.77. The second-order valence-corrected chi connectivity index (χ2v) is 8.12. The fourth-order valence-corrected chi connectivity index (χ4v) is 4.54. The summed E-state index contributed by atoms with van der Waals surface area (Å²) in [5.74, 6) is 0.608. The van der Waals surface area contributed by atoms with Crippen LogP contribution in [0.1, 0.15) is 13.3 Å². The highest BCUT2D eigenvalue weighted by Crippen LogP contribution is 2.33. The van der Waals surface area contributed by atoms with Crippen LogP contribution in [0, 0.1) is 0 Å². The summed E-state index contributed by atoms with van der Waals surface area (Å²) in [5, 5.41) is 0. The average molecular weight is 369 g/mol. The van der Waals surface area contributed by atoms with Crippen molar-refractivity contribution in [1.82, 2.24) is 9.21 Å². The predicted molar refractivity (Wildman–Crippen MR) is 91.0 cm³/mol. The molecule has 9 heteroatoms. The molecule has 0 saturated carbocycles. The van der Waals surface area contributed by atoms with Crippen LogP contribution >= 0.6 is 0 Å². The van der Waals surface area contributed by atoms with Crippen LogP contribution in [0.4, 0.5) is 0 Å². The number of sulfonamides is 1. The first kappa shape index (κ1) is 18.0. The predicted octanol–water partition coefficient (Wildman–Crippen LogP) is 0.0280. The van der Waals surface area contributed by atoms with E-state index in [9.17, 15) is 13.2 Å². The summed E-state index contributed by atoms with van der Waals surface area (Å²) in [7, 11) is -3.63. The maximum Gasteiger partial charge on any atom is 0.243 e. The van der Waals surface area contributed by atoms with E-state index in [-0.39, 0.29) is 4.90 Å². The van der Waals surface area contributed by atoms with Gasteiger partial charge in [-0.05, 0) is 25.5 Å². The lowest BCUT2D eigenvalue weighted by Crippen LogP contribution is -2.44. The third-order valence-corrected chi connectivity index (χ3v) is 6.49. The van der Waals surface area contributed by atoms with Crippen molar-refractivity contribution in [3.05, 3.63) is 18.2 Å². The van der Waals surface area contributed by atoms with Gasteiger partial charge in [-0.2, -0.15) is 4.31 Å². The number of hydrogen-bond acceptors (Lipinski definition) is 6. The summed E-state index contributed by atoms with van der Waals surface area (Å²) in [4.78, 5) is 13.5. The van der Waals surface area contributed by atoms with E-state index in [1.807, 2.05) is 4.90 Å². The zero-order valence-electron chi connectivity index (χ0n) is 14.2. The summed E-state index contributed by atoms with van der Waals surface area (Å²) >= 11 is 0. The van der Waals surface area contributed by atoms with E-state index in [4.69, 9.17) is 15.2 Å². The number of nitrogens with two attached hydrogens (primary N) is 1. The van der Waals surface area contributed by atoms with Crippen molar-refractivity contribution < 1.29 is 22.7 Å². The molecule has 0 bridgehead atoms. The van der Waals surface area contributed by atoms with Crippen molar-refractivity contribution in [1.29, 1.82) is 0 Å². The molecule has 2 heterocycles. The quantitative estimate of drug-likeness (QED) is 0.803. The largest absolute Gasteiger partial charge is 0.486 e. The number of amides is 1. The summed E-state index contributed by atoms with van der Waals surface area (Å²) in [6.45, 7) is 4.42. The highest BCUT2D eigenvalue weighted by atomic mass is 32.2. The Morgan fingerprint density at radius 3 is 2.56 bits per heavy atom. The highest BCUT2D eigenvalue weighted by Gasteiger charge is 2.30. The summed E-state index contributed by atoms with van der Waals surface area (Å²) in [5.41, 5.74) is 5.36. The Bertz CT molecular complexity index is 752. The van der Waals surface area contributed by atoms with Crippen molar-refractivity contribution in [3.63, 3.8) is 0 Å². The Kier molecular flexibility index (Phi) is 5.16. The Morgan fingerprint density at radius 1 is 1.12 bits per heavy atom. The number of ether oxygens (including phenoxy) is 2. The topological polar surface area (TPSA) is 102 Å². The van der Waals surface area contributed by atoms with Crippen LogP contribution in [0.15, 0.2) is 23.1 Å². The van der Waals surface area contributed by atoms with Crippen molar-refractivity contribution in [3.8, 4) is 11.5 Å². The van der Waals surface area contributed by atoms with Gasteiger partial charge in [-0.1, -0.05) is 0 Å². The molecule has 8 nitrogen and oxygen atoms in total. The maximum absolute atomic E-state index is 13.0. The number of fused-ring (bicyclic) bond motifs is 1. The molecule has 0 aromatic heterocycles. The van der Waals surface area contributed by atoms with E-state index in [2.05, 4.69) is 0 Å². The van der Waals surface area contributed by atoms with Crippen molar-refractivity contribution in [2.45, 2.75) is 24.3 Å². The molecule has 1 aromatic carbocycles. The molecule has 2 aliphatic heterocycles. The van der Waals surface area contributed by atoms with Crippen LogP contribution in [0.2, 0.25) is 0 Å². The first-order chi connectivity index (χ1) is 11.9. The van der Waals surface area contributed by atoms with E-state index in [1.165, 1.54) is 16.4 Å². The van der Waals surface area contributed by atoms with E-state index < -0.39 is 22.0 Å². The van der Waals surface area contributed by atoms with E-state index in [0.717, 1.165) is 0 Å². The molecule has 1 aromatic rings. The normalized spacial score (nSPS) is 20.7. The van der Waals surface area contributed by atoms with E-state index in [1.54, 1.807) is 13.0 Å². The van der Waals surface area contributed by atoms with Gasteiger partial charge in [0.25, 0.3) is 0 Å². The molecule has 3 rings (SSSR count). The van der Waals surface area contributed by atoms with Gasteiger partial charge in [0.1, 0.15) is 13.2 Å². The van der Waals surface area contributed by atoms with Gasteiger partial charge in [-0.15, -0.1) is 0 Å². The Labute approximate surface area is 147 Å². The number of hydrogen-bond donors (Lipinski definition) is 1. The maximum atomic E-state index is 13.0. The molecule has 0 aliphatic carbocycles. The van der Waals surface area contributed by atoms with Crippen LogP contribution in [0.3, 0.4) is 0 Å². The van der Waals surface area contributed by atoms with Gasteiger partial charge in [0.15, 0.2) is 11.5 Å². The van der Waals surface area contributed by atoms with Crippen molar-refractivity contribution >= 4 is 15.9 Å². The first-order valence-corrected chi connectivity index (χ1v) is 9.77. The lowest BCUT2D eigenvalue weighted by atomic mass is 10.2. The second-order valence-electron chi connectivity index (χ2n) is 6.18. The smallest absolute Gasteiger partial charge is 0.243 e. The minimum atomic E-state index is -3.63. The Morgan fingerprint density at radius 2 is 1.84 bits per heavy atom. The first-order valence-electron chi connectivity index (χ1n) is 8.33. The lowest BCUT2D eigenvalue weighted by Gasteiger charge is -2.25. The molecule has 1 amide bonds. The lowest BCUT2D eigenvalue weighted by molar-refractivity contribution is -0.122. The molecule has 0 radical (unpaired) electrons. The fraction of sp³-hybridized carbons (Fsp3) is 0.562. The number of rotatable bonds is 4. The van der Waals surface area contributed by atoms with Gasteiger partial charge in [0.2, 0.25) is 15.9 Å². The third kappa shape index (κ3) is 3.73. The molecule has 138 valence electrons. The molecule has 0 spiro atoms. The molecule has 25 heavy (non-hydrogen) atoms. The number of carbonyl (C=O) groups is 1. The molecule has 1 atom stereocenters. The van der Waals surface area contributed by atoms with Gasteiger partial charge in [-0.25, -0.2) is 8.42 Å². The summed E-state index contributed by atoms with van der Waals surface area (Å²) < 4.78 is 38.3. The van der Waals surface area contributed by atoms with Crippen molar-refractivity contribution in [2.24, 2.45) is 5.73 Å². The summed E-state index contributed by atoms with van der Waals surface area (Å²) in [6.07, 6.45) is 0.640. The minimum Gasteiger partial charge on any atom is -0.486 e. The van der Waals surface area contributed by atoms with Gasteiger partial charge in [0.05, 0.1) is 10.9 Å². The fourth-order valence-electron chi connectivity index (χ4n) is 3.05. The number of nitrogens with zero attached hydrogens (tertiary/aromatic N) is 2. The average Bonchev–Trinajstić information content (AvgIpc) is 2.87. The molecule has 1 fully saturated rings. The SMILES string of the molecule is C[C@@H](C(N)=O)N1CCCN(S(=O)(=O)c2ccc3c(c2)OCCO3)CC1.